The number of urea groups is 1. The van der Waals surface area contributed by atoms with Gasteiger partial charge in [0, 0.05) is 13.1 Å². The molecule has 0 radical (unpaired) electrons. The molecule has 118 valence electrons. The van der Waals surface area contributed by atoms with E-state index in [0.717, 1.165) is 12.1 Å². The molecular weight excluding hydrogens is 285 g/mol. The van der Waals surface area contributed by atoms with Crippen molar-refractivity contribution < 1.29 is 23.1 Å². The van der Waals surface area contributed by atoms with Crippen LogP contribution in [0.1, 0.15) is 30.9 Å². The molecule has 0 saturated heterocycles. The zero-order valence-electron chi connectivity index (χ0n) is 11.9. The highest BCUT2D eigenvalue weighted by molar-refractivity contribution is 5.73. The second-order valence-electron chi connectivity index (χ2n) is 4.96. The number of hydrogen-bond donors (Lipinski definition) is 3. The summed E-state index contributed by atoms with van der Waals surface area (Å²) < 4.78 is 37.3. The van der Waals surface area contributed by atoms with E-state index in [4.69, 9.17) is 5.11 Å². The standard InChI is InChI=1S/C14H19F3N2O2/c1-9(7-18-13(21)19-8-10(2)20)11-3-5-12(6-4-11)14(15,16)17/h3-6,9-10,20H,7-8H2,1-2H3,(H2,18,19,21)/t9-,10+/m0/s1. The van der Waals surface area contributed by atoms with Gasteiger partial charge >= 0.3 is 12.2 Å². The fourth-order valence-electron chi connectivity index (χ4n) is 1.67. The van der Waals surface area contributed by atoms with Crippen molar-refractivity contribution in [3.8, 4) is 0 Å². The Labute approximate surface area is 121 Å². The topological polar surface area (TPSA) is 61.4 Å². The van der Waals surface area contributed by atoms with Crippen molar-refractivity contribution >= 4 is 6.03 Å². The van der Waals surface area contributed by atoms with Gasteiger partial charge in [-0.2, -0.15) is 13.2 Å². The number of carbonyl (C=O) groups excluding carboxylic acids is 1. The van der Waals surface area contributed by atoms with Crippen molar-refractivity contribution in [1.82, 2.24) is 10.6 Å². The highest BCUT2D eigenvalue weighted by atomic mass is 19.4. The summed E-state index contributed by atoms with van der Waals surface area (Å²) in [6.07, 6.45) is -4.98. The summed E-state index contributed by atoms with van der Waals surface area (Å²) in [5, 5.41) is 14.1. The highest BCUT2D eigenvalue weighted by Gasteiger charge is 2.30. The molecule has 0 fully saturated rings. The summed E-state index contributed by atoms with van der Waals surface area (Å²) >= 11 is 0. The maximum absolute atomic E-state index is 12.4. The molecule has 0 aliphatic heterocycles. The lowest BCUT2D eigenvalue weighted by Gasteiger charge is -2.15. The molecule has 0 bridgehead atoms. The number of amides is 2. The van der Waals surface area contributed by atoms with Crippen LogP contribution in [0.5, 0.6) is 0 Å². The highest BCUT2D eigenvalue weighted by Crippen LogP contribution is 2.30. The molecule has 0 aromatic heterocycles. The molecule has 1 rings (SSSR count). The normalized spacial score (nSPS) is 14.4. The van der Waals surface area contributed by atoms with E-state index in [-0.39, 0.29) is 19.0 Å². The minimum Gasteiger partial charge on any atom is -0.392 e. The van der Waals surface area contributed by atoms with Gasteiger partial charge < -0.3 is 15.7 Å². The van der Waals surface area contributed by atoms with Crippen molar-refractivity contribution in [3.05, 3.63) is 35.4 Å². The average molecular weight is 304 g/mol. The van der Waals surface area contributed by atoms with Crippen LogP contribution in [-0.4, -0.2) is 30.3 Å². The average Bonchev–Trinajstić information content (AvgIpc) is 2.41. The van der Waals surface area contributed by atoms with Gasteiger partial charge in [0.15, 0.2) is 0 Å². The number of hydrogen-bond acceptors (Lipinski definition) is 2. The summed E-state index contributed by atoms with van der Waals surface area (Å²) in [6, 6.07) is 4.44. The van der Waals surface area contributed by atoms with Crippen LogP contribution in [0.25, 0.3) is 0 Å². The van der Waals surface area contributed by atoms with Crippen LogP contribution in [0.15, 0.2) is 24.3 Å². The molecule has 0 heterocycles. The van der Waals surface area contributed by atoms with Crippen molar-refractivity contribution in [2.45, 2.75) is 32.0 Å². The fraction of sp³-hybridized carbons (Fsp3) is 0.500. The number of benzene rings is 1. The van der Waals surface area contributed by atoms with Crippen molar-refractivity contribution in [2.75, 3.05) is 13.1 Å². The van der Waals surface area contributed by atoms with E-state index in [9.17, 15) is 18.0 Å². The maximum atomic E-state index is 12.4. The number of nitrogens with one attached hydrogen (secondary N) is 2. The molecule has 21 heavy (non-hydrogen) atoms. The molecule has 4 nitrogen and oxygen atoms in total. The molecule has 1 aromatic carbocycles. The summed E-state index contributed by atoms with van der Waals surface area (Å²) in [6.45, 7) is 3.78. The van der Waals surface area contributed by atoms with E-state index in [1.807, 2.05) is 0 Å². The summed E-state index contributed by atoms with van der Waals surface area (Å²) in [5.74, 6) is -0.121. The van der Waals surface area contributed by atoms with Crippen LogP contribution in [0.4, 0.5) is 18.0 Å². The molecule has 0 spiro atoms. The first-order valence-corrected chi connectivity index (χ1v) is 6.57. The Kier molecular flexibility index (Phi) is 6.02. The lowest BCUT2D eigenvalue weighted by Crippen LogP contribution is -2.40. The molecule has 2 atom stereocenters. The van der Waals surface area contributed by atoms with Gasteiger partial charge in [0.25, 0.3) is 0 Å². The monoisotopic (exact) mass is 304 g/mol. The molecule has 3 N–H and O–H groups in total. The number of alkyl halides is 3. The number of halogens is 3. The van der Waals surface area contributed by atoms with E-state index in [1.54, 1.807) is 13.8 Å². The van der Waals surface area contributed by atoms with Gasteiger partial charge in [-0.15, -0.1) is 0 Å². The van der Waals surface area contributed by atoms with E-state index in [1.165, 1.54) is 12.1 Å². The lowest BCUT2D eigenvalue weighted by molar-refractivity contribution is -0.137. The summed E-state index contributed by atoms with van der Waals surface area (Å²) in [7, 11) is 0. The molecule has 1 aromatic rings. The van der Waals surface area contributed by atoms with Gasteiger partial charge in [-0.3, -0.25) is 0 Å². The number of aliphatic hydroxyl groups excluding tert-OH is 1. The Hall–Kier alpha value is -1.76. The predicted octanol–water partition coefficient (Wildman–Crippen LogP) is 2.49. The first-order chi connectivity index (χ1) is 9.70. The van der Waals surface area contributed by atoms with E-state index < -0.39 is 23.9 Å². The third kappa shape index (κ3) is 6.03. The van der Waals surface area contributed by atoms with E-state index in [0.29, 0.717) is 5.56 Å². The van der Waals surface area contributed by atoms with E-state index in [2.05, 4.69) is 10.6 Å². The van der Waals surface area contributed by atoms with Gasteiger partial charge in [0.1, 0.15) is 0 Å². The third-order valence-electron chi connectivity index (χ3n) is 2.93. The zero-order valence-corrected chi connectivity index (χ0v) is 11.9. The van der Waals surface area contributed by atoms with E-state index >= 15 is 0 Å². The first-order valence-electron chi connectivity index (χ1n) is 6.57. The third-order valence-corrected chi connectivity index (χ3v) is 2.93. The van der Waals surface area contributed by atoms with Crippen LogP contribution in [-0.2, 0) is 6.18 Å². The Morgan fingerprint density at radius 2 is 1.67 bits per heavy atom. The Balaban J connectivity index is 2.49. The second-order valence-corrected chi connectivity index (χ2v) is 4.96. The number of carbonyl (C=O) groups is 1. The Morgan fingerprint density at radius 3 is 2.14 bits per heavy atom. The lowest BCUT2D eigenvalue weighted by atomic mass is 10.00. The number of aliphatic hydroxyl groups is 1. The van der Waals surface area contributed by atoms with Gasteiger partial charge in [-0.1, -0.05) is 19.1 Å². The molecule has 0 saturated carbocycles. The molecule has 0 unspecified atom stereocenters. The predicted molar refractivity (Wildman–Crippen MR) is 72.9 cm³/mol. The minimum atomic E-state index is -4.35. The van der Waals surface area contributed by atoms with Gasteiger partial charge in [-0.25, -0.2) is 4.79 Å². The molecule has 0 aliphatic rings. The fourth-order valence-corrected chi connectivity index (χ4v) is 1.67. The summed E-state index contributed by atoms with van der Waals surface area (Å²) in [4.78, 5) is 11.4. The number of rotatable bonds is 5. The molecular formula is C14H19F3N2O2. The second kappa shape index (κ2) is 7.31. The summed E-state index contributed by atoms with van der Waals surface area (Å²) in [5.41, 5.74) is 0.0138. The molecule has 2 amide bonds. The van der Waals surface area contributed by atoms with Gasteiger partial charge in [-0.05, 0) is 30.5 Å². The van der Waals surface area contributed by atoms with Crippen molar-refractivity contribution in [1.29, 1.82) is 0 Å². The largest absolute Gasteiger partial charge is 0.416 e. The van der Waals surface area contributed by atoms with Crippen LogP contribution in [0.3, 0.4) is 0 Å². The van der Waals surface area contributed by atoms with Gasteiger partial charge in [0.05, 0.1) is 11.7 Å². The first kappa shape index (κ1) is 17.3. The van der Waals surface area contributed by atoms with Crippen LogP contribution in [0, 0.1) is 0 Å². The Bertz CT molecular complexity index is 458. The quantitative estimate of drug-likeness (QED) is 0.782. The minimum absolute atomic E-state index is 0.121. The van der Waals surface area contributed by atoms with Gasteiger partial charge in [0.2, 0.25) is 0 Å². The SMILES string of the molecule is C[C@@H](O)CNC(=O)NC[C@H](C)c1ccc(C(F)(F)F)cc1. The molecule has 0 aliphatic carbocycles. The van der Waals surface area contributed by atoms with Crippen LogP contribution in [0.2, 0.25) is 0 Å². The van der Waals surface area contributed by atoms with Crippen molar-refractivity contribution in [3.63, 3.8) is 0 Å². The van der Waals surface area contributed by atoms with Crippen molar-refractivity contribution in [2.24, 2.45) is 0 Å². The Morgan fingerprint density at radius 1 is 1.14 bits per heavy atom. The van der Waals surface area contributed by atoms with Crippen LogP contribution < -0.4 is 10.6 Å². The maximum Gasteiger partial charge on any atom is 0.416 e. The zero-order chi connectivity index (χ0) is 16.0. The molecule has 7 heteroatoms. The van der Waals surface area contributed by atoms with Crippen LogP contribution >= 0.6 is 0 Å². The smallest absolute Gasteiger partial charge is 0.392 e.